The molecular weight excluding hydrogens is 368 g/mol. The molecule has 0 spiro atoms. The molecule has 14 heteroatoms. The van der Waals surface area contributed by atoms with Gasteiger partial charge in [0.2, 0.25) is 0 Å². The van der Waals surface area contributed by atoms with Gasteiger partial charge >= 0.3 is 29.8 Å². The molecular formula is C9F12O2. The smallest absolute Gasteiger partial charge is 0.257 e. The topological polar surface area (TPSA) is 34.1 Å². The SMILES string of the molecule is O=C(F)C1(F)C(F)(C(=O)F)C2(F)C(F)(F)C(F)(F)C1(F)C2(F)F. The summed E-state index contributed by atoms with van der Waals surface area (Å²) in [6, 6.07) is -9.08. The highest BCUT2D eigenvalue weighted by Crippen LogP contribution is 2.82. The third-order valence-electron chi connectivity index (χ3n) is 4.09. The van der Waals surface area contributed by atoms with Gasteiger partial charge in [0.1, 0.15) is 0 Å². The van der Waals surface area contributed by atoms with Gasteiger partial charge in [-0.25, -0.2) is 17.6 Å². The van der Waals surface area contributed by atoms with Crippen LogP contribution in [0.25, 0.3) is 0 Å². The summed E-state index contributed by atoms with van der Waals surface area (Å²) in [4.78, 5) is 20.6. The van der Waals surface area contributed by atoms with Crippen LogP contribution in [-0.4, -0.2) is 52.5 Å². The van der Waals surface area contributed by atoms with Gasteiger partial charge in [0, 0.05) is 0 Å². The van der Waals surface area contributed by atoms with Crippen LogP contribution in [0.2, 0.25) is 0 Å². The van der Waals surface area contributed by atoms with E-state index in [1.54, 1.807) is 0 Å². The Balaban J connectivity index is 3.15. The van der Waals surface area contributed by atoms with Crippen molar-refractivity contribution in [3.8, 4) is 0 Å². The monoisotopic (exact) mass is 368 g/mol. The summed E-state index contributed by atoms with van der Waals surface area (Å²) in [5, 5.41) is 0. The predicted octanol–water partition coefficient (Wildman–Crippen LogP) is 2.74. The number of alkyl halides is 10. The third-order valence-corrected chi connectivity index (χ3v) is 4.09. The van der Waals surface area contributed by atoms with Crippen molar-refractivity contribution in [3.63, 3.8) is 0 Å². The van der Waals surface area contributed by atoms with Crippen LogP contribution in [0.3, 0.4) is 0 Å². The number of carbonyl (C=O) groups excluding carboxylic acids is 2. The summed E-state index contributed by atoms with van der Waals surface area (Å²) in [7, 11) is 0. The molecule has 4 atom stereocenters. The first-order chi connectivity index (χ1) is 9.89. The Morgan fingerprint density at radius 2 is 0.696 bits per heavy atom. The summed E-state index contributed by atoms with van der Waals surface area (Å²) in [5.41, 5.74) is -28.3. The van der Waals surface area contributed by atoms with E-state index >= 15 is 0 Å². The zero-order valence-corrected chi connectivity index (χ0v) is 9.85. The van der Waals surface area contributed by atoms with Gasteiger partial charge in [-0.15, -0.1) is 0 Å². The molecule has 132 valence electrons. The molecule has 4 unspecified atom stereocenters. The molecule has 0 radical (unpaired) electrons. The number of hydrogen-bond acceptors (Lipinski definition) is 2. The molecule has 2 nitrogen and oxygen atoms in total. The Labute approximate surface area is 116 Å². The van der Waals surface area contributed by atoms with Gasteiger partial charge < -0.3 is 0 Å². The number of fused-ring (bicyclic) bond motifs is 2. The Morgan fingerprint density at radius 1 is 0.478 bits per heavy atom. The molecule has 0 N–H and O–H groups in total. The van der Waals surface area contributed by atoms with E-state index in [4.69, 9.17) is 0 Å². The maximum Gasteiger partial charge on any atom is 0.357 e. The Kier molecular flexibility index (Phi) is 2.80. The lowest BCUT2D eigenvalue weighted by atomic mass is 9.68. The largest absolute Gasteiger partial charge is 0.357 e. The molecule has 2 aliphatic carbocycles. The zero-order chi connectivity index (χ0) is 18.7. The van der Waals surface area contributed by atoms with Crippen LogP contribution in [0.15, 0.2) is 0 Å². The summed E-state index contributed by atoms with van der Waals surface area (Å²) >= 11 is 0. The average molecular weight is 368 g/mol. The maximum absolute atomic E-state index is 13.9. The second kappa shape index (κ2) is 3.61. The van der Waals surface area contributed by atoms with Crippen molar-refractivity contribution >= 4 is 12.1 Å². The second-order valence-corrected chi connectivity index (χ2v) is 4.90. The first kappa shape index (κ1) is 17.8. The standard InChI is InChI=1S/C9F12O2/c10-1(22)3(12)4(13,2(11)23)6(15)7(16,17)5(3,14)8(18,19)9(6,20)21. The van der Waals surface area contributed by atoms with Gasteiger partial charge in [0.05, 0.1) is 0 Å². The van der Waals surface area contributed by atoms with Crippen LogP contribution >= 0.6 is 0 Å². The Bertz CT molecular complexity index is 580. The van der Waals surface area contributed by atoms with Crippen molar-refractivity contribution in [3.05, 3.63) is 0 Å². The van der Waals surface area contributed by atoms with Crippen molar-refractivity contribution in [2.75, 3.05) is 0 Å². The van der Waals surface area contributed by atoms with Crippen molar-refractivity contribution in [1.29, 1.82) is 0 Å². The lowest BCUT2D eigenvalue weighted by molar-refractivity contribution is -0.340. The summed E-state index contributed by atoms with van der Waals surface area (Å²) in [6.07, 6.45) is 0. The fraction of sp³-hybridized carbons (Fsp3) is 0.778. The van der Waals surface area contributed by atoms with Crippen LogP contribution in [0.1, 0.15) is 0 Å². The van der Waals surface area contributed by atoms with Gasteiger partial charge in [0.25, 0.3) is 22.7 Å². The van der Waals surface area contributed by atoms with E-state index in [1.165, 1.54) is 0 Å². The molecule has 0 aromatic heterocycles. The lowest BCUT2D eigenvalue weighted by Crippen LogP contribution is -2.80. The number of hydrogen-bond donors (Lipinski definition) is 0. The fourth-order valence-electron chi connectivity index (χ4n) is 2.95. The molecule has 0 aliphatic heterocycles. The molecule has 0 aromatic rings. The quantitative estimate of drug-likeness (QED) is 0.555. The number of halogens is 12. The molecule has 2 aliphatic rings. The van der Waals surface area contributed by atoms with E-state index in [0.29, 0.717) is 0 Å². The van der Waals surface area contributed by atoms with E-state index in [9.17, 15) is 62.3 Å². The third kappa shape index (κ3) is 1.03. The highest BCUT2D eigenvalue weighted by molar-refractivity contribution is 5.98. The highest BCUT2D eigenvalue weighted by atomic mass is 19.3. The van der Waals surface area contributed by atoms with Crippen molar-refractivity contribution < 1.29 is 62.3 Å². The summed E-state index contributed by atoms with van der Waals surface area (Å²) in [6.45, 7) is 0. The minimum atomic E-state index is -7.23. The van der Waals surface area contributed by atoms with Crippen molar-refractivity contribution in [2.45, 2.75) is 40.4 Å². The minimum absolute atomic E-state index is 4.54. The number of rotatable bonds is 2. The maximum atomic E-state index is 13.9. The van der Waals surface area contributed by atoms with Crippen LogP contribution in [0.4, 0.5) is 52.7 Å². The Hall–Kier alpha value is -1.50. The zero-order valence-electron chi connectivity index (χ0n) is 9.85. The lowest BCUT2D eigenvalue weighted by Gasteiger charge is -2.45. The van der Waals surface area contributed by atoms with Gasteiger partial charge in [-0.1, -0.05) is 0 Å². The minimum Gasteiger partial charge on any atom is -0.257 e. The van der Waals surface area contributed by atoms with Crippen molar-refractivity contribution in [1.82, 2.24) is 0 Å². The van der Waals surface area contributed by atoms with E-state index in [-0.39, 0.29) is 0 Å². The molecule has 2 saturated carbocycles. The normalized spacial score (nSPS) is 49.2. The van der Waals surface area contributed by atoms with Gasteiger partial charge in [-0.2, -0.15) is 35.1 Å². The van der Waals surface area contributed by atoms with Crippen LogP contribution in [-0.2, 0) is 9.59 Å². The van der Waals surface area contributed by atoms with E-state index in [2.05, 4.69) is 0 Å². The molecule has 0 saturated heterocycles. The first-order valence-electron chi connectivity index (χ1n) is 5.18. The molecule has 0 heterocycles. The summed E-state index contributed by atoms with van der Waals surface area (Å²) < 4.78 is 161. The molecule has 2 rings (SSSR count). The summed E-state index contributed by atoms with van der Waals surface area (Å²) in [5.74, 6) is -21.7. The number of carbonyl (C=O) groups is 2. The van der Waals surface area contributed by atoms with Crippen LogP contribution in [0, 0.1) is 0 Å². The molecule has 2 fully saturated rings. The molecule has 2 bridgehead atoms. The van der Waals surface area contributed by atoms with Gasteiger partial charge in [-0.05, 0) is 0 Å². The van der Waals surface area contributed by atoms with Gasteiger partial charge in [0.15, 0.2) is 0 Å². The molecule has 23 heavy (non-hydrogen) atoms. The average Bonchev–Trinajstić information content (AvgIpc) is 2.52. The van der Waals surface area contributed by atoms with Crippen molar-refractivity contribution in [2.24, 2.45) is 0 Å². The predicted molar refractivity (Wildman–Crippen MR) is 42.4 cm³/mol. The molecule has 0 aromatic carbocycles. The highest BCUT2D eigenvalue weighted by Gasteiger charge is 3.18. The van der Waals surface area contributed by atoms with E-state index < -0.39 is 52.5 Å². The Morgan fingerprint density at radius 3 is 0.870 bits per heavy atom. The van der Waals surface area contributed by atoms with Crippen LogP contribution < -0.4 is 0 Å². The fourth-order valence-corrected chi connectivity index (χ4v) is 2.95. The van der Waals surface area contributed by atoms with E-state index in [1.807, 2.05) is 0 Å². The van der Waals surface area contributed by atoms with E-state index in [0.717, 1.165) is 0 Å². The molecule has 0 amide bonds. The van der Waals surface area contributed by atoms with Gasteiger partial charge in [-0.3, -0.25) is 9.59 Å². The van der Waals surface area contributed by atoms with Crippen LogP contribution in [0.5, 0.6) is 0 Å². The first-order valence-corrected chi connectivity index (χ1v) is 5.18. The second-order valence-electron chi connectivity index (χ2n) is 4.90.